The third-order valence-corrected chi connectivity index (χ3v) is 5.39. The first-order chi connectivity index (χ1) is 17.9. The summed E-state index contributed by atoms with van der Waals surface area (Å²) in [5, 5.41) is 20.9. The summed E-state index contributed by atoms with van der Waals surface area (Å²) >= 11 is 3.08. The lowest BCUT2D eigenvalue weighted by Gasteiger charge is -2.13. The van der Waals surface area contributed by atoms with Crippen LogP contribution in [0.3, 0.4) is 0 Å². The van der Waals surface area contributed by atoms with Gasteiger partial charge in [0.05, 0.1) is 29.6 Å². The van der Waals surface area contributed by atoms with Crippen LogP contribution in [0.5, 0.6) is 0 Å². The minimum Gasteiger partial charge on any atom is -0.468 e. The van der Waals surface area contributed by atoms with Crippen molar-refractivity contribution in [1.82, 2.24) is 0 Å². The van der Waals surface area contributed by atoms with E-state index in [1.807, 2.05) is 0 Å². The number of anilines is 2. The monoisotopic (exact) mass is 604 g/mol. The molecular weight excluding hydrogens is 576 g/mol. The Morgan fingerprint density at radius 1 is 0.872 bits per heavy atom. The summed E-state index contributed by atoms with van der Waals surface area (Å²) < 4.78 is 9.59. The van der Waals surface area contributed by atoms with Gasteiger partial charge >= 0.3 is 11.9 Å². The van der Waals surface area contributed by atoms with Crippen LogP contribution in [0.15, 0.2) is 40.9 Å². The van der Waals surface area contributed by atoms with Gasteiger partial charge in [-0.1, -0.05) is 17.8 Å². The summed E-state index contributed by atoms with van der Waals surface area (Å²) in [4.78, 5) is 42.0. The molecule has 0 fully saturated rings. The Morgan fingerprint density at radius 2 is 1.31 bits per heavy atom. The van der Waals surface area contributed by atoms with E-state index in [0.29, 0.717) is 21.4 Å². The van der Waals surface area contributed by atoms with Crippen molar-refractivity contribution < 1.29 is 28.9 Å². The molecule has 0 aliphatic heterocycles. The molecule has 0 atom stereocenters. The number of nitrogens with two attached hydrogens (primary N) is 2. The van der Waals surface area contributed by atoms with Gasteiger partial charge in [0.2, 0.25) is 0 Å². The van der Waals surface area contributed by atoms with E-state index in [9.17, 15) is 29.8 Å². The fraction of sp³-hybridized carbons (Fsp3) is 0.308. The van der Waals surface area contributed by atoms with Crippen LogP contribution in [-0.4, -0.2) is 36.0 Å². The van der Waals surface area contributed by atoms with Crippen molar-refractivity contribution in [3.8, 4) is 24.2 Å². The number of nitro benzene ring substituents is 2. The molecule has 0 aliphatic carbocycles. The first kappa shape index (κ1) is 34.4. The summed E-state index contributed by atoms with van der Waals surface area (Å²) in [5.74, 6) is 6.85. The summed E-state index contributed by atoms with van der Waals surface area (Å²) in [6, 6.07) is 8.20. The summed E-state index contributed by atoms with van der Waals surface area (Å²) in [6.07, 6.45) is 5.03. The predicted octanol–water partition coefficient (Wildman–Crippen LogP) is 4.49. The second-order valence-corrected chi connectivity index (χ2v) is 9.47. The molecule has 4 N–H and O–H groups in total. The number of halogens is 1. The Hall–Kier alpha value is -4.62. The van der Waals surface area contributed by atoms with Gasteiger partial charge in [-0.25, -0.2) is 0 Å². The van der Waals surface area contributed by atoms with Crippen LogP contribution in [0.1, 0.15) is 33.3 Å². The molecule has 0 bridgehead atoms. The number of nitrogens with zero attached hydrogens (tertiary/aromatic N) is 2. The zero-order chi connectivity index (χ0) is 30.6. The SMILES string of the molecule is C#CC(C)(C)C(=O)OC.COC(=O)C(C)(C)C#Cc1cc([N+](=O)[O-])ccc1N.Nc1ccc([N+](=O)[O-])cc1Br. The van der Waals surface area contributed by atoms with Gasteiger partial charge in [-0.2, -0.15) is 0 Å². The minimum absolute atomic E-state index is 0.0334. The molecule has 0 aliphatic rings. The number of nitro groups is 2. The van der Waals surface area contributed by atoms with Gasteiger partial charge in [0.15, 0.2) is 0 Å². The zero-order valence-electron chi connectivity index (χ0n) is 22.2. The summed E-state index contributed by atoms with van der Waals surface area (Å²) in [5.41, 5.74) is 10.4. The quantitative estimate of drug-likeness (QED) is 0.165. The van der Waals surface area contributed by atoms with Crippen LogP contribution < -0.4 is 11.5 Å². The maximum atomic E-state index is 11.5. The third kappa shape index (κ3) is 11.1. The molecule has 12 nitrogen and oxygen atoms in total. The molecule has 0 saturated heterocycles. The van der Waals surface area contributed by atoms with Crippen LogP contribution in [0.25, 0.3) is 0 Å². The molecule has 2 aromatic rings. The third-order valence-electron chi connectivity index (χ3n) is 4.70. The normalized spacial score (nSPS) is 10.0. The fourth-order valence-electron chi connectivity index (χ4n) is 2.24. The van der Waals surface area contributed by atoms with Crippen molar-refractivity contribution >= 4 is 50.6 Å². The average molecular weight is 605 g/mol. The highest BCUT2D eigenvalue weighted by atomic mass is 79.9. The lowest BCUT2D eigenvalue weighted by atomic mass is 9.94. The number of ether oxygens (including phenoxy) is 2. The highest BCUT2D eigenvalue weighted by molar-refractivity contribution is 9.10. The van der Waals surface area contributed by atoms with Crippen molar-refractivity contribution in [1.29, 1.82) is 0 Å². The van der Waals surface area contributed by atoms with E-state index in [4.69, 9.17) is 17.9 Å². The standard InChI is InChI=1S/C13H14N2O4.C7H10O2.C6H5BrN2O2/c1-13(2,12(16)19-3)7-6-9-8-10(15(17)18)4-5-11(9)14;1-5-7(2,3)6(8)9-4;7-5-3-4(9(10)11)1-2-6(5)8/h4-5,8H,14H2,1-3H3;1H,2-4H3;1-3H,8H2. The van der Waals surface area contributed by atoms with Crippen LogP contribution >= 0.6 is 15.9 Å². The molecule has 0 heterocycles. The van der Waals surface area contributed by atoms with Crippen LogP contribution in [0.2, 0.25) is 0 Å². The van der Waals surface area contributed by atoms with Crippen molar-refractivity contribution in [2.45, 2.75) is 27.7 Å². The van der Waals surface area contributed by atoms with Crippen LogP contribution in [0.4, 0.5) is 22.7 Å². The molecule has 0 radical (unpaired) electrons. The van der Waals surface area contributed by atoms with E-state index >= 15 is 0 Å². The number of nitrogen functional groups attached to an aromatic ring is 2. The number of benzene rings is 2. The van der Waals surface area contributed by atoms with E-state index in [2.05, 4.69) is 43.2 Å². The first-order valence-electron chi connectivity index (χ1n) is 10.8. The van der Waals surface area contributed by atoms with Crippen LogP contribution in [0, 0.1) is 55.2 Å². The Balaban J connectivity index is 0.000000612. The lowest BCUT2D eigenvalue weighted by Crippen LogP contribution is -2.23. The predicted molar refractivity (Wildman–Crippen MR) is 150 cm³/mol. The van der Waals surface area contributed by atoms with E-state index in [-0.39, 0.29) is 17.3 Å². The van der Waals surface area contributed by atoms with Gasteiger partial charge in [0, 0.05) is 40.1 Å². The number of esters is 2. The van der Waals surface area contributed by atoms with E-state index in [1.165, 1.54) is 50.6 Å². The minimum atomic E-state index is -1.01. The maximum Gasteiger partial charge on any atom is 0.323 e. The molecule has 0 spiro atoms. The fourth-order valence-corrected chi connectivity index (χ4v) is 2.61. The Bertz CT molecular complexity index is 1340. The van der Waals surface area contributed by atoms with E-state index < -0.39 is 26.6 Å². The average Bonchev–Trinajstić information content (AvgIpc) is 2.89. The van der Waals surface area contributed by atoms with Gasteiger partial charge < -0.3 is 20.9 Å². The molecule has 2 rings (SSSR count). The van der Waals surface area contributed by atoms with Crippen molar-refractivity contribution in [2.24, 2.45) is 10.8 Å². The van der Waals surface area contributed by atoms with Gasteiger partial charge in [0.1, 0.15) is 10.8 Å². The van der Waals surface area contributed by atoms with Crippen LogP contribution in [-0.2, 0) is 19.1 Å². The number of hydrogen-bond donors (Lipinski definition) is 2. The van der Waals surface area contributed by atoms with Crippen molar-refractivity contribution in [3.63, 3.8) is 0 Å². The van der Waals surface area contributed by atoms with Gasteiger partial charge in [-0.05, 0) is 55.8 Å². The summed E-state index contributed by atoms with van der Waals surface area (Å²) in [7, 11) is 2.59. The summed E-state index contributed by atoms with van der Waals surface area (Å²) in [6.45, 7) is 6.47. The maximum absolute atomic E-state index is 11.5. The lowest BCUT2D eigenvalue weighted by molar-refractivity contribution is -0.385. The molecule has 208 valence electrons. The number of terminal acetylenes is 1. The molecule has 0 saturated carbocycles. The van der Waals surface area contributed by atoms with Gasteiger partial charge in [-0.15, -0.1) is 6.42 Å². The Morgan fingerprint density at radius 3 is 1.69 bits per heavy atom. The number of carbonyl (C=O) groups excluding carboxylic acids is 2. The van der Waals surface area contributed by atoms with E-state index in [0.717, 1.165) is 0 Å². The van der Waals surface area contributed by atoms with Crippen molar-refractivity contribution in [3.05, 3.63) is 66.7 Å². The second kappa shape index (κ2) is 15.0. The molecule has 0 unspecified atom stereocenters. The molecule has 0 aromatic heterocycles. The second-order valence-electron chi connectivity index (χ2n) is 8.62. The Labute approximate surface area is 234 Å². The molecule has 2 aromatic carbocycles. The smallest absolute Gasteiger partial charge is 0.323 e. The highest BCUT2D eigenvalue weighted by Crippen LogP contribution is 2.24. The molecular formula is C26H29BrN4O8. The largest absolute Gasteiger partial charge is 0.468 e. The molecule has 0 amide bonds. The zero-order valence-corrected chi connectivity index (χ0v) is 23.8. The molecule has 39 heavy (non-hydrogen) atoms. The highest BCUT2D eigenvalue weighted by Gasteiger charge is 2.26. The number of carbonyl (C=O) groups is 2. The van der Waals surface area contributed by atoms with E-state index in [1.54, 1.807) is 27.7 Å². The first-order valence-corrected chi connectivity index (χ1v) is 11.6. The topological polar surface area (TPSA) is 191 Å². The Kier molecular flexibility index (Phi) is 13.2. The van der Waals surface area contributed by atoms with Gasteiger partial charge in [0.25, 0.3) is 11.4 Å². The van der Waals surface area contributed by atoms with Crippen molar-refractivity contribution in [2.75, 3.05) is 25.7 Å². The van der Waals surface area contributed by atoms with Gasteiger partial charge in [-0.3, -0.25) is 29.8 Å². The number of methoxy groups -OCH3 is 2. The number of non-ortho nitro benzene ring substituents is 2. The number of hydrogen-bond acceptors (Lipinski definition) is 10. The molecule has 13 heteroatoms. The number of rotatable bonds is 4.